The molecule has 0 aliphatic carbocycles. The van der Waals surface area contributed by atoms with Gasteiger partial charge in [0.15, 0.2) is 5.13 Å². The van der Waals surface area contributed by atoms with Gasteiger partial charge in [-0.05, 0) is 6.92 Å². The Morgan fingerprint density at radius 1 is 1.47 bits per heavy atom. The number of hydrogen-bond acceptors (Lipinski definition) is 5. The smallest absolute Gasteiger partial charge is 0.185 e. The second kappa shape index (κ2) is 6.93. The van der Waals surface area contributed by atoms with E-state index in [9.17, 15) is 0 Å². The maximum Gasteiger partial charge on any atom is 0.185 e. The molecule has 1 aromatic heterocycles. The van der Waals surface area contributed by atoms with Gasteiger partial charge < -0.3 is 15.0 Å². The fraction of sp³-hybridized carbons (Fsp3) is 0.750. The van der Waals surface area contributed by atoms with Crippen molar-refractivity contribution in [2.45, 2.75) is 39.5 Å². The number of ether oxygens (including phenoxy) is 1. The fourth-order valence-corrected chi connectivity index (χ4v) is 2.23. The number of anilines is 1. The van der Waals surface area contributed by atoms with Crippen molar-refractivity contribution in [3.63, 3.8) is 0 Å². The molecule has 0 aliphatic heterocycles. The van der Waals surface area contributed by atoms with Gasteiger partial charge in [0.2, 0.25) is 0 Å². The standard InChI is InChI=1S/C12H23N3OS/c1-9(2)13-6-11-7-14-12(17-11)15(4)8-10(3)16-5/h7,9-10,13H,6,8H2,1-5H3. The van der Waals surface area contributed by atoms with Gasteiger partial charge in [-0.3, -0.25) is 0 Å². The predicted molar refractivity (Wildman–Crippen MR) is 73.8 cm³/mol. The van der Waals surface area contributed by atoms with Crippen molar-refractivity contribution < 1.29 is 4.74 Å². The first-order valence-corrected chi connectivity index (χ1v) is 6.76. The van der Waals surface area contributed by atoms with Crippen LogP contribution in [0.5, 0.6) is 0 Å². The lowest BCUT2D eigenvalue weighted by molar-refractivity contribution is 0.124. The molecule has 0 aromatic carbocycles. The van der Waals surface area contributed by atoms with Crippen molar-refractivity contribution in [1.29, 1.82) is 0 Å². The Kier molecular flexibility index (Phi) is 5.88. The number of likely N-dealkylation sites (N-methyl/N-ethyl adjacent to an activating group) is 1. The topological polar surface area (TPSA) is 37.4 Å². The highest BCUT2D eigenvalue weighted by atomic mass is 32.1. The van der Waals surface area contributed by atoms with Gasteiger partial charge >= 0.3 is 0 Å². The minimum Gasteiger partial charge on any atom is -0.380 e. The molecule has 17 heavy (non-hydrogen) atoms. The van der Waals surface area contributed by atoms with Crippen LogP contribution in [0.2, 0.25) is 0 Å². The van der Waals surface area contributed by atoms with Crippen molar-refractivity contribution in [3.05, 3.63) is 11.1 Å². The summed E-state index contributed by atoms with van der Waals surface area (Å²) in [6.07, 6.45) is 2.17. The molecule has 1 unspecified atom stereocenters. The van der Waals surface area contributed by atoms with E-state index in [-0.39, 0.29) is 6.10 Å². The van der Waals surface area contributed by atoms with E-state index in [4.69, 9.17) is 4.74 Å². The minimum atomic E-state index is 0.223. The van der Waals surface area contributed by atoms with Crippen LogP contribution in [0, 0.1) is 0 Å². The van der Waals surface area contributed by atoms with E-state index in [1.54, 1.807) is 18.4 Å². The molecule has 1 rings (SSSR count). The van der Waals surface area contributed by atoms with Crippen LogP contribution in [0.4, 0.5) is 5.13 Å². The Morgan fingerprint density at radius 2 is 2.18 bits per heavy atom. The van der Waals surface area contributed by atoms with Gasteiger partial charge in [-0.15, -0.1) is 11.3 Å². The van der Waals surface area contributed by atoms with Crippen LogP contribution in [0.15, 0.2) is 6.20 Å². The van der Waals surface area contributed by atoms with Crippen LogP contribution in [0.1, 0.15) is 25.6 Å². The predicted octanol–water partition coefficient (Wildman–Crippen LogP) is 2.11. The van der Waals surface area contributed by atoms with Crippen molar-refractivity contribution in [2.24, 2.45) is 0 Å². The van der Waals surface area contributed by atoms with E-state index in [0.717, 1.165) is 18.2 Å². The third kappa shape index (κ3) is 5.02. The lowest BCUT2D eigenvalue weighted by atomic mass is 10.4. The molecule has 0 spiro atoms. The number of nitrogens with one attached hydrogen (secondary N) is 1. The molecular formula is C12H23N3OS. The summed E-state index contributed by atoms with van der Waals surface area (Å²) in [5, 5.41) is 4.44. The fourth-order valence-electron chi connectivity index (χ4n) is 1.40. The van der Waals surface area contributed by atoms with E-state index < -0.39 is 0 Å². The summed E-state index contributed by atoms with van der Waals surface area (Å²) in [7, 11) is 3.78. The molecule has 4 nitrogen and oxygen atoms in total. The molecule has 0 saturated heterocycles. The average molecular weight is 257 g/mol. The van der Waals surface area contributed by atoms with Crippen LogP contribution in [0.25, 0.3) is 0 Å². The second-order valence-corrected chi connectivity index (χ2v) is 5.67. The van der Waals surface area contributed by atoms with Crippen molar-refractivity contribution in [2.75, 3.05) is 25.6 Å². The molecule has 0 radical (unpaired) electrons. The third-order valence-electron chi connectivity index (χ3n) is 2.49. The molecule has 1 N–H and O–H groups in total. The maximum absolute atomic E-state index is 5.25. The molecule has 0 fully saturated rings. The van der Waals surface area contributed by atoms with Gasteiger partial charge in [0.05, 0.1) is 6.10 Å². The first kappa shape index (κ1) is 14.4. The molecule has 0 aliphatic rings. The van der Waals surface area contributed by atoms with Crippen molar-refractivity contribution in [1.82, 2.24) is 10.3 Å². The summed E-state index contributed by atoms with van der Waals surface area (Å²) in [6.45, 7) is 8.11. The van der Waals surface area contributed by atoms with Gasteiger partial charge in [-0.1, -0.05) is 13.8 Å². The third-order valence-corrected chi connectivity index (χ3v) is 3.60. The summed E-state index contributed by atoms with van der Waals surface area (Å²) < 4.78 is 5.25. The first-order valence-electron chi connectivity index (χ1n) is 5.95. The van der Waals surface area contributed by atoms with E-state index in [1.807, 2.05) is 13.2 Å². The molecule has 0 amide bonds. The van der Waals surface area contributed by atoms with Crippen molar-refractivity contribution >= 4 is 16.5 Å². The Hall–Kier alpha value is -0.650. The minimum absolute atomic E-state index is 0.223. The number of nitrogens with zero attached hydrogens (tertiary/aromatic N) is 2. The summed E-state index contributed by atoms with van der Waals surface area (Å²) >= 11 is 1.73. The number of rotatable bonds is 7. The van der Waals surface area contributed by atoms with Gasteiger partial charge in [0.25, 0.3) is 0 Å². The van der Waals surface area contributed by atoms with Crippen LogP contribution in [-0.2, 0) is 11.3 Å². The summed E-state index contributed by atoms with van der Waals surface area (Å²) in [4.78, 5) is 7.84. The van der Waals surface area contributed by atoms with E-state index in [1.165, 1.54) is 4.88 Å². The summed E-state index contributed by atoms with van der Waals surface area (Å²) in [5.74, 6) is 0. The SMILES string of the molecule is COC(C)CN(C)c1ncc(CNC(C)C)s1. The maximum atomic E-state index is 5.25. The Morgan fingerprint density at radius 3 is 2.76 bits per heavy atom. The monoisotopic (exact) mass is 257 g/mol. The number of hydrogen-bond donors (Lipinski definition) is 1. The molecular weight excluding hydrogens is 234 g/mol. The van der Waals surface area contributed by atoms with E-state index >= 15 is 0 Å². The largest absolute Gasteiger partial charge is 0.380 e. The zero-order valence-corrected chi connectivity index (χ0v) is 12.2. The van der Waals surface area contributed by atoms with Crippen LogP contribution < -0.4 is 10.2 Å². The van der Waals surface area contributed by atoms with Gasteiger partial charge in [-0.2, -0.15) is 0 Å². The normalized spacial score (nSPS) is 13.1. The van der Waals surface area contributed by atoms with Crippen LogP contribution >= 0.6 is 11.3 Å². The lowest BCUT2D eigenvalue weighted by Gasteiger charge is -2.19. The average Bonchev–Trinajstić information content (AvgIpc) is 2.74. The molecule has 5 heteroatoms. The highest BCUT2D eigenvalue weighted by molar-refractivity contribution is 7.15. The number of thiazole rings is 1. The molecule has 1 atom stereocenters. The van der Waals surface area contributed by atoms with Gasteiger partial charge in [-0.25, -0.2) is 4.98 Å². The van der Waals surface area contributed by atoms with Crippen LogP contribution in [0.3, 0.4) is 0 Å². The molecule has 1 heterocycles. The highest BCUT2D eigenvalue weighted by Crippen LogP contribution is 2.21. The molecule has 1 aromatic rings. The van der Waals surface area contributed by atoms with Gasteiger partial charge in [0.1, 0.15) is 0 Å². The second-order valence-electron chi connectivity index (χ2n) is 4.57. The zero-order chi connectivity index (χ0) is 12.8. The summed E-state index contributed by atoms with van der Waals surface area (Å²) in [6, 6.07) is 0.506. The number of methoxy groups -OCH3 is 1. The molecule has 0 saturated carbocycles. The Bertz CT molecular complexity index is 327. The zero-order valence-electron chi connectivity index (χ0n) is 11.4. The van der Waals surface area contributed by atoms with E-state index in [2.05, 4.69) is 36.0 Å². The van der Waals surface area contributed by atoms with Crippen molar-refractivity contribution in [3.8, 4) is 0 Å². The Balaban J connectivity index is 2.49. The highest BCUT2D eigenvalue weighted by Gasteiger charge is 2.10. The van der Waals surface area contributed by atoms with E-state index in [0.29, 0.717) is 6.04 Å². The lowest BCUT2D eigenvalue weighted by Crippen LogP contribution is -2.28. The molecule has 0 bridgehead atoms. The van der Waals surface area contributed by atoms with Crippen LogP contribution in [-0.4, -0.2) is 37.8 Å². The first-order chi connectivity index (χ1) is 8.02. The van der Waals surface area contributed by atoms with Gasteiger partial charge in [0, 0.05) is 44.4 Å². The molecule has 98 valence electrons. The quantitative estimate of drug-likeness (QED) is 0.812. The number of aromatic nitrogens is 1. The summed E-state index contributed by atoms with van der Waals surface area (Å²) in [5.41, 5.74) is 0. The Labute approximate surface area is 108 Å².